The van der Waals surface area contributed by atoms with Crippen LogP contribution < -0.4 is 0 Å². The molecule has 25 atom stereocenters. The molecule has 23 nitrogen and oxygen atoms in total. The molecule has 0 saturated carbocycles. The van der Waals surface area contributed by atoms with Crippen molar-refractivity contribution in [3.05, 3.63) is 120 Å². The van der Waals surface area contributed by atoms with Crippen LogP contribution in [-0.4, -0.2) is 220 Å². The van der Waals surface area contributed by atoms with Gasteiger partial charge >= 0.3 is 5.97 Å². The lowest BCUT2D eigenvalue weighted by atomic mass is 9.78. The Balaban J connectivity index is 1.80. The Morgan fingerprint density at radius 2 is 1.20 bits per heavy atom. The molecule has 0 aliphatic carbocycles. The fourth-order valence-electron chi connectivity index (χ4n) is 13.7. The largest absolute Gasteiger partial charge is 0.507 e. The molecule has 1 saturated heterocycles. The topological polar surface area (TPSA) is 426 Å². The number of esters is 1. The molecule has 0 spiro atoms. The zero-order valence-corrected chi connectivity index (χ0v) is 65.6. The molecule has 0 unspecified atom stereocenters. The van der Waals surface area contributed by atoms with Crippen LogP contribution in [0.15, 0.2) is 120 Å². The second-order valence-electron chi connectivity index (χ2n) is 30.6. The van der Waals surface area contributed by atoms with Gasteiger partial charge in [-0.2, -0.15) is 0 Å². The minimum Gasteiger partial charge on any atom is -0.507 e. The van der Waals surface area contributed by atoms with E-state index in [-0.39, 0.29) is 111 Å². The molecular weight excluding hydrogens is 1400 g/mol. The number of aliphatic hydroxyl groups is 15. The minimum absolute atomic E-state index is 0.0371. The molecule has 3 rings (SSSR count). The number of phenolic OH excluding ortho intramolecular Hbond substituents is 3. The van der Waals surface area contributed by atoms with E-state index in [2.05, 4.69) is 6.92 Å². The van der Waals surface area contributed by atoms with Crippen LogP contribution in [0.1, 0.15) is 208 Å². The van der Waals surface area contributed by atoms with Gasteiger partial charge in [0.05, 0.1) is 109 Å². The molecule has 1 aromatic carbocycles. The summed E-state index contributed by atoms with van der Waals surface area (Å²) in [6.07, 6.45) is 16.8. The molecule has 2 aliphatic heterocycles. The number of hydrogen-bond donors (Lipinski definition) is 18. The number of allylic oxidation sites excluding steroid dienone is 11. The predicted octanol–water partition coefficient (Wildman–Crippen LogP) is 9.28. The zero-order chi connectivity index (χ0) is 80.1. The molecule has 18 N–H and O–H groups in total. The number of carbonyl (C=O) groups is 2. The maximum absolute atomic E-state index is 14.0. The number of thioether (sulfide) groups is 1. The molecule has 1 aromatic rings. The van der Waals surface area contributed by atoms with E-state index in [1.807, 2.05) is 13.0 Å². The smallest absolute Gasteiger partial charge is 0.311 e. The standard InChI is InChI=1S/C83H134O23S/c1-51-24-19-21-32-63(88)44-68(93)46-69(33-22-20-25-52(2)35-39-75(104-9)77-80(102)72(96)48-73(97)82(77)107-10)105-76(99)50-83(103)49-74(98)57(7)81(106-83)58(8)79(101)55(5)27-23-26-54(4)78(100)56(6)71(95)47-70(94)53(3)36-38-65(90)45-67(92)43-62(87)31-18-14-17-30-61(86)42-66(91)41-60(85)29-16-13-11-12-15-28-59(84)40-64(89)37-34-51/h11-18,20,22-23,25-27,29,31,33,48,51-53,55-65,67-71,74-75,78-79,81,84-90,92-98,100-103H,19,21,24,28,30,32,34-47,49-50H2,1-10H3/b13-11-,15-12-,17-14-,25-20+,27-23-,29-16+,31-18+,33-22+,54-26+/t51-,52+,53+,55-,56+,57+,58-,59-,60-,61-,62+,63-,64-,65+,67+,68-,69+,70+,71-,74+,75-,78+,79+,81+,83-/m1/s1. The van der Waals surface area contributed by atoms with E-state index in [1.165, 1.54) is 31.0 Å². The van der Waals surface area contributed by atoms with Crippen LogP contribution in [0.2, 0.25) is 0 Å². The van der Waals surface area contributed by atoms with Gasteiger partial charge in [-0.3, -0.25) is 9.59 Å². The monoisotopic (exact) mass is 1530 g/mol. The average molecular weight is 1530 g/mol. The Kier molecular flexibility index (Phi) is 45.8. The molecule has 0 aromatic heterocycles. The van der Waals surface area contributed by atoms with Gasteiger partial charge in [0.15, 0.2) is 17.3 Å². The Morgan fingerprint density at radius 1 is 0.598 bits per heavy atom. The van der Waals surface area contributed by atoms with E-state index < -0.39 is 151 Å². The normalized spacial score (nSPS) is 37.9. The second-order valence-corrected chi connectivity index (χ2v) is 31.5. The molecule has 610 valence electrons. The third-order valence-electron chi connectivity index (χ3n) is 20.8. The summed E-state index contributed by atoms with van der Waals surface area (Å²) < 4.78 is 17.9. The van der Waals surface area contributed by atoms with Crippen LogP contribution in [-0.2, 0) is 23.8 Å². The fraction of sp³-hybridized carbons (Fsp3) is 0.687. The summed E-state index contributed by atoms with van der Waals surface area (Å²) in [6, 6.07) is 1.07. The van der Waals surface area contributed by atoms with Crippen molar-refractivity contribution in [3.8, 4) is 17.2 Å². The molecular formula is C83H134O23S. The summed E-state index contributed by atoms with van der Waals surface area (Å²) in [4.78, 5) is 26.9. The van der Waals surface area contributed by atoms with Crippen LogP contribution in [0.25, 0.3) is 0 Å². The highest BCUT2D eigenvalue weighted by atomic mass is 32.2. The second kappa shape index (κ2) is 50.9. The molecule has 107 heavy (non-hydrogen) atoms. The lowest BCUT2D eigenvalue weighted by molar-refractivity contribution is -0.302. The Bertz CT molecular complexity index is 2980. The third kappa shape index (κ3) is 37.3. The summed E-state index contributed by atoms with van der Waals surface area (Å²) in [5, 5.41) is 197. The average Bonchev–Trinajstić information content (AvgIpc) is 0.790. The van der Waals surface area contributed by atoms with E-state index in [9.17, 15) is 102 Å². The number of rotatable bonds is 9. The van der Waals surface area contributed by atoms with Gasteiger partial charge in [0.1, 0.15) is 17.6 Å². The third-order valence-corrected chi connectivity index (χ3v) is 21.6. The number of cyclic esters (lactones) is 1. The molecule has 0 radical (unpaired) electrons. The number of ketones is 1. The number of aliphatic hydroxyl groups excluding tert-OH is 14. The van der Waals surface area contributed by atoms with E-state index in [1.54, 1.807) is 133 Å². The molecule has 1 fully saturated rings. The van der Waals surface area contributed by atoms with Gasteiger partial charge in [-0.15, -0.1) is 11.8 Å². The first kappa shape index (κ1) is 96.3. The van der Waals surface area contributed by atoms with Gasteiger partial charge in [-0.05, 0) is 126 Å². The van der Waals surface area contributed by atoms with E-state index >= 15 is 0 Å². The number of hydrogen-bond acceptors (Lipinski definition) is 24. The van der Waals surface area contributed by atoms with E-state index in [4.69, 9.17) is 14.2 Å². The SMILES string of the molecule is CO[C@H](CC[C@@H](C)/C=C/C=C/[C@H]1C[C@H](O)C[C@H](O)CCCC[C@@H](C)CC[C@@H](O)C[C@H](O)C\C=C/C=C\C=C\[C@@H](O)CC(=O)C[C@H](O)C/C=C\C=C\[C@H](O)C[C@H](O)C[C@@H](O)CC[C@H](C)[C@@H](O)C[C@@H](O)[C@H](C)[C@@H](O)/C(C)=C/C=C\[C@@H](C)[C@H](O)[C@@H](C)[C@H]2O[C@@](O)(CC(=O)O1)C[C@H](O)[C@@H]2C)c1c(O)c(O)cc(O)c1SC. The summed E-state index contributed by atoms with van der Waals surface area (Å²) >= 11 is 1.20. The Morgan fingerprint density at radius 3 is 1.87 bits per heavy atom. The van der Waals surface area contributed by atoms with Crippen molar-refractivity contribution in [3.63, 3.8) is 0 Å². The summed E-state index contributed by atoms with van der Waals surface area (Å²) in [6.45, 7) is 14.3. The summed E-state index contributed by atoms with van der Waals surface area (Å²) in [5.41, 5.74) is 0.756. The van der Waals surface area contributed by atoms with Crippen molar-refractivity contribution in [1.82, 2.24) is 0 Å². The number of fused-ring (bicyclic) bond motifs is 2. The quantitative estimate of drug-likeness (QED) is 0.0360. The first-order valence-electron chi connectivity index (χ1n) is 38.5. The molecule has 2 bridgehead atoms. The minimum atomic E-state index is -2.24. The van der Waals surface area contributed by atoms with Crippen molar-refractivity contribution in [2.45, 2.75) is 311 Å². The van der Waals surface area contributed by atoms with Crippen molar-refractivity contribution >= 4 is 23.5 Å². The maximum atomic E-state index is 14.0. The lowest BCUT2D eigenvalue weighted by Gasteiger charge is -2.46. The molecule has 2 heterocycles. The first-order chi connectivity index (χ1) is 50.5. The van der Waals surface area contributed by atoms with Crippen LogP contribution in [0.4, 0.5) is 0 Å². The Labute approximate surface area is 639 Å². The number of Topliss-reactive ketones (excluding diaryl/α,β-unsaturated/α-hetero) is 1. The summed E-state index contributed by atoms with van der Waals surface area (Å²) in [5.74, 6) is -7.35. The molecule has 24 heteroatoms. The highest BCUT2D eigenvalue weighted by molar-refractivity contribution is 7.98. The highest BCUT2D eigenvalue weighted by Gasteiger charge is 2.49. The van der Waals surface area contributed by atoms with Gasteiger partial charge in [0.2, 0.25) is 0 Å². The van der Waals surface area contributed by atoms with E-state index in [0.717, 1.165) is 18.9 Å². The number of methoxy groups -OCH3 is 1. The number of carbonyl (C=O) groups excluding carboxylic acids is 2. The number of phenols is 3. The van der Waals surface area contributed by atoms with Gasteiger partial charge in [0.25, 0.3) is 0 Å². The Hall–Kier alpha value is -4.91. The van der Waals surface area contributed by atoms with Crippen LogP contribution in [0.5, 0.6) is 17.2 Å². The van der Waals surface area contributed by atoms with Crippen LogP contribution in [0, 0.1) is 41.4 Å². The van der Waals surface area contributed by atoms with E-state index in [0.29, 0.717) is 61.8 Å². The number of benzene rings is 1. The van der Waals surface area contributed by atoms with Gasteiger partial charge in [-0.1, -0.05) is 165 Å². The zero-order valence-electron chi connectivity index (χ0n) is 64.8. The predicted molar refractivity (Wildman–Crippen MR) is 414 cm³/mol. The number of aromatic hydroxyl groups is 3. The van der Waals surface area contributed by atoms with Crippen molar-refractivity contribution in [1.29, 1.82) is 0 Å². The molecule has 2 aliphatic rings. The maximum Gasteiger partial charge on any atom is 0.311 e. The fourth-order valence-corrected chi connectivity index (χ4v) is 14.5. The van der Waals surface area contributed by atoms with Crippen LogP contribution >= 0.6 is 11.8 Å². The lowest BCUT2D eigenvalue weighted by Crippen LogP contribution is -2.55. The van der Waals surface area contributed by atoms with Crippen molar-refractivity contribution in [2.24, 2.45) is 41.4 Å². The highest BCUT2D eigenvalue weighted by Crippen LogP contribution is 2.47. The number of ether oxygens (including phenoxy) is 3. The van der Waals surface area contributed by atoms with Crippen LogP contribution in [0.3, 0.4) is 0 Å². The van der Waals surface area contributed by atoms with Gasteiger partial charge < -0.3 is 106 Å². The first-order valence-corrected chi connectivity index (χ1v) is 39.7. The van der Waals surface area contributed by atoms with Crippen molar-refractivity contribution < 1.29 is 116 Å². The van der Waals surface area contributed by atoms with Gasteiger partial charge in [-0.25, -0.2) is 0 Å². The van der Waals surface area contributed by atoms with Gasteiger partial charge in [0, 0.05) is 74.5 Å². The summed E-state index contributed by atoms with van der Waals surface area (Å²) in [7, 11) is 1.47. The van der Waals surface area contributed by atoms with Crippen molar-refractivity contribution in [2.75, 3.05) is 13.4 Å². The molecule has 0 amide bonds.